The van der Waals surface area contributed by atoms with Crippen LogP contribution in [0.2, 0.25) is 0 Å². The molecule has 0 aliphatic rings. The number of benzene rings is 3. The number of ether oxygens (including phenoxy) is 3. The lowest BCUT2D eigenvalue weighted by molar-refractivity contribution is 0.0954. The monoisotopic (exact) mass is 461 g/mol. The molecular weight excluding hydrogens is 426 g/mol. The highest BCUT2D eigenvalue weighted by molar-refractivity contribution is 5.94. The molecule has 0 aliphatic heterocycles. The van der Waals surface area contributed by atoms with Crippen LogP contribution in [0.15, 0.2) is 66.7 Å². The van der Waals surface area contributed by atoms with Gasteiger partial charge < -0.3 is 19.5 Å². The first-order chi connectivity index (χ1) is 16.3. The van der Waals surface area contributed by atoms with Gasteiger partial charge in [0.1, 0.15) is 23.9 Å². The Balaban J connectivity index is 1.62. The molecule has 3 rings (SSSR count). The summed E-state index contributed by atoms with van der Waals surface area (Å²) in [6.45, 7) is 9.90. The van der Waals surface area contributed by atoms with E-state index in [0.717, 1.165) is 34.8 Å². The molecule has 0 saturated heterocycles. The number of nitrogens with one attached hydrogen (secondary N) is 1. The van der Waals surface area contributed by atoms with Gasteiger partial charge in [0.2, 0.25) is 0 Å². The smallest absolute Gasteiger partial charge is 0.251 e. The summed E-state index contributed by atoms with van der Waals surface area (Å²) in [5.74, 6) is 2.21. The van der Waals surface area contributed by atoms with Crippen molar-refractivity contribution in [3.63, 3.8) is 0 Å². The third-order valence-electron chi connectivity index (χ3n) is 5.60. The Kier molecular flexibility index (Phi) is 8.58. The third-order valence-corrected chi connectivity index (χ3v) is 5.60. The molecule has 1 amide bonds. The van der Waals surface area contributed by atoms with Crippen molar-refractivity contribution in [2.45, 2.75) is 46.1 Å². The van der Waals surface area contributed by atoms with Crippen molar-refractivity contribution in [2.24, 2.45) is 0 Å². The summed E-state index contributed by atoms with van der Waals surface area (Å²) in [4.78, 5) is 12.7. The minimum atomic E-state index is -0.118. The van der Waals surface area contributed by atoms with Crippen LogP contribution in [0.5, 0.6) is 17.2 Å². The molecule has 0 aliphatic carbocycles. The van der Waals surface area contributed by atoms with Crippen LogP contribution in [0.25, 0.3) is 0 Å². The maximum Gasteiger partial charge on any atom is 0.251 e. The fourth-order valence-corrected chi connectivity index (χ4v) is 3.56. The van der Waals surface area contributed by atoms with E-state index in [0.29, 0.717) is 25.3 Å². The van der Waals surface area contributed by atoms with Crippen LogP contribution in [0.1, 0.15) is 54.7 Å². The number of rotatable bonds is 10. The van der Waals surface area contributed by atoms with Crippen LogP contribution < -0.4 is 19.5 Å². The van der Waals surface area contributed by atoms with E-state index in [4.69, 9.17) is 14.2 Å². The Morgan fingerprint density at radius 1 is 0.882 bits per heavy atom. The Bertz CT molecular complexity index is 1070. The first-order valence-electron chi connectivity index (χ1n) is 11.7. The van der Waals surface area contributed by atoms with Crippen LogP contribution >= 0.6 is 0 Å². The van der Waals surface area contributed by atoms with E-state index in [9.17, 15) is 4.79 Å². The molecule has 3 aromatic carbocycles. The summed E-state index contributed by atoms with van der Waals surface area (Å²) in [6.07, 6.45) is 0.743. The number of amides is 1. The molecule has 0 saturated carbocycles. The highest BCUT2D eigenvalue weighted by Crippen LogP contribution is 2.26. The zero-order valence-electron chi connectivity index (χ0n) is 20.8. The van der Waals surface area contributed by atoms with Gasteiger partial charge in [0.05, 0.1) is 13.7 Å². The quantitative estimate of drug-likeness (QED) is 0.406. The summed E-state index contributed by atoms with van der Waals surface area (Å²) in [5.41, 5.74) is 3.90. The third kappa shape index (κ3) is 7.01. The van der Waals surface area contributed by atoms with E-state index in [1.807, 2.05) is 55.5 Å². The Morgan fingerprint density at radius 2 is 1.56 bits per heavy atom. The van der Waals surface area contributed by atoms with E-state index >= 15 is 0 Å². The minimum absolute atomic E-state index is 0.0930. The van der Waals surface area contributed by atoms with Gasteiger partial charge in [-0.2, -0.15) is 0 Å². The second kappa shape index (κ2) is 11.6. The largest absolute Gasteiger partial charge is 0.497 e. The van der Waals surface area contributed by atoms with Gasteiger partial charge in [-0.25, -0.2) is 0 Å². The molecule has 180 valence electrons. The van der Waals surface area contributed by atoms with Gasteiger partial charge in [-0.05, 0) is 72.4 Å². The molecule has 0 heterocycles. The van der Waals surface area contributed by atoms with Gasteiger partial charge in [-0.15, -0.1) is 0 Å². The van der Waals surface area contributed by atoms with Gasteiger partial charge in [0.15, 0.2) is 0 Å². The van der Waals surface area contributed by atoms with Crippen molar-refractivity contribution in [1.82, 2.24) is 5.32 Å². The van der Waals surface area contributed by atoms with Crippen LogP contribution in [-0.2, 0) is 18.4 Å². The summed E-state index contributed by atoms with van der Waals surface area (Å²) in [5, 5.41) is 3.00. The normalized spacial score (nSPS) is 11.1. The summed E-state index contributed by atoms with van der Waals surface area (Å²) >= 11 is 0. The van der Waals surface area contributed by atoms with Gasteiger partial charge in [-0.3, -0.25) is 4.79 Å². The molecule has 34 heavy (non-hydrogen) atoms. The van der Waals surface area contributed by atoms with Gasteiger partial charge in [-0.1, -0.05) is 45.0 Å². The van der Waals surface area contributed by atoms with Crippen molar-refractivity contribution in [3.8, 4) is 17.2 Å². The van der Waals surface area contributed by atoms with Crippen molar-refractivity contribution < 1.29 is 19.0 Å². The Morgan fingerprint density at radius 3 is 2.18 bits per heavy atom. The summed E-state index contributed by atoms with van der Waals surface area (Å²) in [6, 6.07) is 21.5. The highest BCUT2D eigenvalue weighted by atomic mass is 16.5. The molecule has 0 fully saturated rings. The molecule has 3 aromatic rings. The fourth-order valence-electron chi connectivity index (χ4n) is 3.56. The molecule has 0 unspecified atom stereocenters. The molecule has 0 radical (unpaired) electrons. The molecule has 0 spiro atoms. The second-order valence-electron chi connectivity index (χ2n) is 9.17. The van der Waals surface area contributed by atoms with Crippen LogP contribution in [0.4, 0.5) is 0 Å². The van der Waals surface area contributed by atoms with Gasteiger partial charge >= 0.3 is 0 Å². The lowest BCUT2D eigenvalue weighted by Gasteiger charge is -2.19. The van der Waals surface area contributed by atoms with Crippen molar-refractivity contribution in [3.05, 3.63) is 89.0 Å². The van der Waals surface area contributed by atoms with Gasteiger partial charge in [0, 0.05) is 17.7 Å². The lowest BCUT2D eigenvalue weighted by Crippen LogP contribution is -2.25. The van der Waals surface area contributed by atoms with E-state index in [1.54, 1.807) is 13.2 Å². The van der Waals surface area contributed by atoms with Gasteiger partial charge in [0.25, 0.3) is 5.91 Å². The van der Waals surface area contributed by atoms with E-state index in [-0.39, 0.29) is 11.3 Å². The zero-order valence-corrected chi connectivity index (χ0v) is 20.8. The van der Waals surface area contributed by atoms with Crippen molar-refractivity contribution in [2.75, 3.05) is 20.3 Å². The van der Waals surface area contributed by atoms with E-state index in [2.05, 4.69) is 38.2 Å². The van der Waals surface area contributed by atoms with Crippen LogP contribution in [0, 0.1) is 0 Å². The highest BCUT2D eigenvalue weighted by Gasteiger charge is 2.14. The maximum atomic E-state index is 12.7. The second-order valence-corrected chi connectivity index (χ2v) is 9.17. The lowest BCUT2D eigenvalue weighted by atomic mass is 9.87. The fraction of sp³-hybridized carbons (Fsp3) is 0.345. The van der Waals surface area contributed by atoms with Crippen LogP contribution in [0.3, 0.4) is 0 Å². The predicted octanol–water partition coefficient (Wildman–Crippen LogP) is 5.94. The number of hydrogen-bond donors (Lipinski definition) is 1. The van der Waals surface area contributed by atoms with Crippen LogP contribution in [-0.4, -0.2) is 26.2 Å². The molecule has 0 aromatic heterocycles. The number of methoxy groups -OCH3 is 1. The number of carbonyl (C=O) groups is 1. The van der Waals surface area contributed by atoms with E-state index < -0.39 is 0 Å². The minimum Gasteiger partial charge on any atom is -0.497 e. The molecule has 5 heteroatoms. The molecule has 0 bridgehead atoms. The predicted molar refractivity (Wildman–Crippen MR) is 136 cm³/mol. The Hall–Kier alpha value is -3.47. The van der Waals surface area contributed by atoms with Crippen molar-refractivity contribution >= 4 is 5.91 Å². The SMILES string of the molecule is CCOc1ccc(C(=O)NCCc2ccc(OC)cc2)cc1COc1ccc(C(C)(C)C)cc1. The standard InChI is InChI=1S/C29H35NO4/c1-6-33-27-16-9-22(28(31)30-18-17-21-7-12-25(32-5)13-8-21)19-23(27)20-34-26-14-10-24(11-15-26)29(2,3)4/h7-16,19H,6,17-18,20H2,1-5H3,(H,30,31). The number of hydrogen-bond acceptors (Lipinski definition) is 4. The summed E-state index contributed by atoms with van der Waals surface area (Å²) < 4.78 is 17.0. The number of carbonyl (C=O) groups excluding carboxylic acids is 1. The maximum absolute atomic E-state index is 12.7. The zero-order chi connectivity index (χ0) is 24.6. The topological polar surface area (TPSA) is 56.8 Å². The molecule has 0 atom stereocenters. The average molecular weight is 462 g/mol. The molecule has 5 nitrogen and oxygen atoms in total. The molecular formula is C29H35NO4. The van der Waals surface area contributed by atoms with Crippen molar-refractivity contribution in [1.29, 1.82) is 0 Å². The summed E-state index contributed by atoms with van der Waals surface area (Å²) in [7, 11) is 1.65. The average Bonchev–Trinajstić information content (AvgIpc) is 2.83. The first kappa shape index (κ1) is 25.2. The Labute approximate surface area is 203 Å². The molecule has 1 N–H and O–H groups in total. The first-order valence-corrected chi connectivity index (χ1v) is 11.7. The van der Waals surface area contributed by atoms with E-state index in [1.165, 1.54) is 5.56 Å².